The molecule has 1 aromatic heterocycles. The van der Waals surface area contributed by atoms with Crippen LogP contribution in [0.2, 0.25) is 0 Å². The molecule has 0 saturated carbocycles. The largest absolute Gasteiger partial charge is 0.487 e. The monoisotopic (exact) mass is 292 g/mol. The summed E-state index contributed by atoms with van der Waals surface area (Å²) in [6.45, 7) is 6.08. The molecule has 1 heterocycles. The molecule has 0 saturated heterocycles. The Kier molecular flexibility index (Phi) is 4.96. The molecule has 0 fully saturated rings. The highest BCUT2D eigenvalue weighted by Gasteiger charge is 2.12. The summed E-state index contributed by atoms with van der Waals surface area (Å²) in [5.74, 6) is 0.0868. The van der Waals surface area contributed by atoms with Gasteiger partial charge in [-0.3, -0.25) is 4.68 Å². The second kappa shape index (κ2) is 6.72. The summed E-state index contributed by atoms with van der Waals surface area (Å²) in [7, 11) is 0. The molecule has 0 bridgehead atoms. The maximum atomic E-state index is 13.2. The van der Waals surface area contributed by atoms with Crippen LogP contribution in [0.25, 0.3) is 0 Å². The van der Waals surface area contributed by atoms with E-state index in [4.69, 9.17) is 4.74 Å². The molecule has 0 aliphatic carbocycles. The van der Waals surface area contributed by atoms with E-state index in [0.29, 0.717) is 17.4 Å². The Morgan fingerprint density at radius 3 is 2.76 bits per heavy atom. The van der Waals surface area contributed by atoms with Crippen LogP contribution in [0.4, 0.5) is 4.39 Å². The van der Waals surface area contributed by atoms with Crippen LogP contribution in [0.15, 0.2) is 30.5 Å². The van der Waals surface area contributed by atoms with Crippen molar-refractivity contribution in [3.05, 3.63) is 47.5 Å². The van der Waals surface area contributed by atoms with E-state index >= 15 is 0 Å². The van der Waals surface area contributed by atoms with E-state index in [9.17, 15) is 9.50 Å². The molecule has 21 heavy (non-hydrogen) atoms. The van der Waals surface area contributed by atoms with Gasteiger partial charge >= 0.3 is 0 Å². The van der Waals surface area contributed by atoms with Crippen molar-refractivity contribution < 1.29 is 14.2 Å². The van der Waals surface area contributed by atoms with Crippen molar-refractivity contribution in [2.45, 2.75) is 45.9 Å². The van der Waals surface area contributed by atoms with Gasteiger partial charge in [0.15, 0.2) is 0 Å². The van der Waals surface area contributed by atoms with Crippen LogP contribution in [-0.4, -0.2) is 14.9 Å². The van der Waals surface area contributed by atoms with Gasteiger partial charge in [-0.05, 0) is 44.5 Å². The lowest BCUT2D eigenvalue weighted by molar-refractivity contribution is 0.189. The maximum absolute atomic E-state index is 13.2. The Balaban J connectivity index is 2.08. The third-order valence-corrected chi connectivity index (χ3v) is 3.50. The predicted molar refractivity (Wildman–Crippen MR) is 78.6 cm³/mol. The van der Waals surface area contributed by atoms with E-state index in [2.05, 4.69) is 18.9 Å². The fraction of sp³-hybridized carbons (Fsp3) is 0.438. The highest BCUT2D eigenvalue weighted by atomic mass is 19.1. The van der Waals surface area contributed by atoms with Gasteiger partial charge in [-0.2, -0.15) is 5.10 Å². The van der Waals surface area contributed by atoms with Crippen LogP contribution in [0.3, 0.4) is 0 Å². The van der Waals surface area contributed by atoms with E-state index in [-0.39, 0.29) is 12.4 Å². The number of halogens is 1. The van der Waals surface area contributed by atoms with Gasteiger partial charge < -0.3 is 9.84 Å². The van der Waals surface area contributed by atoms with Crippen LogP contribution < -0.4 is 4.74 Å². The second-order valence-electron chi connectivity index (χ2n) is 5.19. The van der Waals surface area contributed by atoms with Gasteiger partial charge in [-0.1, -0.05) is 6.92 Å². The lowest BCUT2D eigenvalue weighted by Gasteiger charge is -2.13. The quantitative estimate of drug-likeness (QED) is 0.884. The summed E-state index contributed by atoms with van der Waals surface area (Å²) >= 11 is 0. The average Bonchev–Trinajstić information content (AvgIpc) is 2.93. The number of aromatic nitrogens is 2. The third kappa shape index (κ3) is 3.82. The summed E-state index contributed by atoms with van der Waals surface area (Å²) in [5, 5.41) is 14.1. The first-order valence-electron chi connectivity index (χ1n) is 7.15. The molecule has 2 aromatic rings. The Hall–Kier alpha value is -1.88. The van der Waals surface area contributed by atoms with Crippen LogP contribution >= 0.6 is 0 Å². The fourth-order valence-corrected chi connectivity index (χ4v) is 2.02. The standard InChI is InChI=1S/C16H21FN2O2/c1-4-11(2)19-8-7-14(18-19)10-21-16-6-5-13(17)9-15(16)12(3)20/h5-9,11-12,20H,4,10H2,1-3H3. The SMILES string of the molecule is CCC(C)n1ccc(COc2ccc(F)cc2C(C)O)n1. The molecular weight excluding hydrogens is 271 g/mol. The Morgan fingerprint density at radius 2 is 2.10 bits per heavy atom. The van der Waals surface area contributed by atoms with Crippen molar-refractivity contribution in [1.82, 2.24) is 9.78 Å². The molecule has 0 radical (unpaired) electrons. The first kappa shape index (κ1) is 15.5. The van der Waals surface area contributed by atoms with Crippen molar-refractivity contribution in [1.29, 1.82) is 0 Å². The molecular formula is C16H21FN2O2. The van der Waals surface area contributed by atoms with E-state index in [0.717, 1.165) is 12.1 Å². The highest BCUT2D eigenvalue weighted by Crippen LogP contribution is 2.26. The lowest BCUT2D eigenvalue weighted by Crippen LogP contribution is -2.06. The lowest BCUT2D eigenvalue weighted by atomic mass is 10.1. The van der Waals surface area contributed by atoms with Crippen molar-refractivity contribution in [3.8, 4) is 5.75 Å². The third-order valence-electron chi connectivity index (χ3n) is 3.50. The Bertz CT molecular complexity index is 596. The van der Waals surface area contributed by atoms with Crippen molar-refractivity contribution >= 4 is 0 Å². The number of aliphatic hydroxyl groups is 1. The summed E-state index contributed by atoms with van der Waals surface area (Å²) < 4.78 is 20.8. The Morgan fingerprint density at radius 1 is 1.33 bits per heavy atom. The van der Waals surface area contributed by atoms with E-state index in [1.807, 2.05) is 16.9 Å². The van der Waals surface area contributed by atoms with E-state index in [1.54, 1.807) is 6.92 Å². The zero-order valence-corrected chi connectivity index (χ0v) is 12.6. The van der Waals surface area contributed by atoms with Crippen LogP contribution in [-0.2, 0) is 6.61 Å². The van der Waals surface area contributed by atoms with Crippen molar-refractivity contribution in [2.75, 3.05) is 0 Å². The smallest absolute Gasteiger partial charge is 0.132 e. The predicted octanol–water partition coefficient (Wildman–Crippen LogP) is 3.63. The molecule has 1 N–H and O–H groups in total. The number of ether oxygens (including phenoxy) is 1. The number of hydrogen-bond acceptors (Lipinski definition) is 3. The number of hydrogen-bond donors (Lipinski definition) is 1. The average molecular weight is 292 g/mol. The molecule has 1 aromatic carbocycles. The zero-order chi connectivity index (χ0) is 15.4. The maximum Gasteiger partial charge on any atom is 0.132 e. The zero-order valence-electron chi connectivity index (χ0n) is 12.6. The molecule has 2 atom stereocenters. The van der Waals surface area contributed by atoms with Gasteiger partial charge in [0.05, 0.1) is 11.8 Å². The summed E-state index contributed by atoms with van der Waals surface area (Å²) in [5.41, 5.74) is 1.24. The first-order chi connectivity index (χ1) is 10.0. The minimum atomic E-state index is -0.784. The molecule has 4 nitrogen and oxygen atoms in total. The van der Waals surface area contributed by atoms with Crippen LogP contribution in [0, 0.1) is 5.82 Å². The number of benzene rings is 1. The number of aliphatic hydroxyl groups excluding tert-OH is 1. The minimum absolute atomic E-state index is 0.286. The van der Waals surface area contributed by atoms with Crippen molar-refractivity contribution in [2.24, 2.45) is 0 Å². The molecule has 2 rings (SSSR count). The van der Waals surface area contributed by atoms with Crippen LogP contribution in [0.5, 0.6) is 5.75 Å². The molecule has 114 valence electrons. The van der Waals surface area contributed by atoms with Gasteiger partial charge in [0.25, 0.3) is 0 Å². The van der Waals surface area contributed by atoms with Gasteiger partial charge in [-0.25, -0.2) is 4.39 Å². The summed E-state index contributed by atoms with van der Waals surface area (Å²) in [6, 6.07) is 6.38. The molecule has 0 amide bonds. The van der Waals surface area contributed by atoms with Gasteiger partial charge in [0.1, 0.15) is 18.2 Å². The molecule has 0 spiro atoms. The normalized spacial score (nSPS) is 14.0. The molecule has 2 unspecified atom stereocenters. The first-order valence-corrected chi connectivity index (χ1v) is 7.15. The van der Waals surface area contributed by atoms with E-state index < -0.39 is 6.10 Å². The topological polar surface area (TPSA) is 47.3 Å². The van der Waals surface area contributed by atoms with Gasteiger partial charge in [0.2, 0.25) is 0 Å². The molecule has 0 aliphatic rings. The number of nitrogens with zero attached hydrogens (tertiary/aromatic N) is 2. The molecule has 5 heteroatoms. The number of rotatable bonds is 6. The Labute approximate surface area is 124 Å². The minimum Gasteiger partial charge on any atom is -0.487 e. The highest BCUT2D eigenvalue weighted by molar-refractivity contribution is 5.35. The van der Waals surface area contributed by atoms with E-state index in [1.165, 1.54) is 18.2 Å². The summed E-state index contributed by atoms with van der Waals surface area (Å²) in [4.78, 5) is 0. The fourth-order valence-electron chi connectivity index (χ4n) is 2.02. The van der Waals surface area contributed by atoms with Crippen LogP contribution in [0.1, 0.15) is 50.6 Å². The van der Waals surface area contributed by atoms with Gasteiger partial charge in [-0.15, -0.1) is 0 Å². The summed E-state index contributed by atoms with van der Waals surface area (Å²) in [6.07, 6.45) is 2.15. The molecule has 0 aliphatic heterocycles. The second-order valence-corrected chi connectivity index (χ2v) is 5.19. The van der Waals surface area contributed by atoms with Crippen molar-refractivity contribution in [3.63, 3.8) is 0 Å². The van der Waals surface area contributed by atoms with Gasteiger partial charge in [0, 0.05) is 17.8 Å².